The fourth-order valence-electron chi connectivity index (χ4n) is 2.06. The van der Waals surface area contributed by atoms with E-state index in [1.54, 1.807) is 6.92 Å². The molecule has 0 atom stereocenters. The van der Waals surface area contributed by atoms with E-state index in [1.165, 1.54) is 0 Å². The van der Waals surface area contributed by atoms with Gasteiger partial charge in [-0.3, -0.25) is 4.79 Å². The first-order chi connectivity index (χ1) is 15.8. The number of carbonyl (C=O) groups excluding carboxylic acids is 1. The molecule has 0 fully saturated rings. The summed E-state index contributed by atoms with van der Waals surface area (Å²) in [6.45, 7) is 9.71. The number of hydrogen-bond acceptors (Lipinski definition) is 10. The van der Waals surface area contributed by atoms with E-state index in [9.17, 15) is 4.79 Å². The van der Waals surface area contributed by atoms with Gasteiger partial charge in [0, 0.05) is 0 Å². The van der Waals surface area contributed by atoms with Crippen LogP contribution < -0.4 is 0 Å². The summed E-state index contributed by atoms with van der Waals surface area (Å²) in [7, 11) is 0. The zero-order chi connectivity index (χ0) is 23.4. The molecule has 0 spiro atoms. The zero-order valence-electron chi connectivity index (χ0n) is 19.4. The molecule has 0 aliphatic rings. The summed E-state index contributed by atoms with van der Waals surface area (Å²) in [6, 6.07) is 0. The van der Waals surface area contributed by atoms with Crippen LogP contribution in [-0.4, -0.2) is 118 Å². The van der Waals surface area contributed by atoms with Crippen LogP contribution in [0.1, 0.15) is 13.3 Å². The van der Waals surface area contributed by atoms with Gasteiger partial charge in [-0.2, -0.15) is 0 Å². The van der Waals surface area contributed by atoms with Crippen molar-refractivity contribution in [1.82, 2.24) is 0 Å². The Bertz CT molecular complexity index is 427. The number of terminal acetylenes is 1. The molecule has 0 N–H and O–H groups in total. The second-order valence-corrected chi connectivity index (χ2v) is 6.10. The summed E-state index contributed by atoms with van der Waals surface area (Å²) in [5.41, 5.74) is 0. The number of carbonyl (C=O) groups is 1. The van der Waals surface area contributed by atoms with Crippen LogP contribution >= 0.6 is 0 Å². The number of esters is 1. The van der Waals surface area contributed by atoms with Gasteiger partial charge in [0.15, 0.2) is 0 Å². The molecule has 0 unspecified atom stereocenters. The molecule has 10 heteroatoms. The summed E-state index contributed by atoms with van der Waals surface area (Å²) in [5, 5.41) is 0. The maximum absolute atomic E-state index is 11.1. The van der Waals surface area contributed by atoms with Gasteiger partial charge in [0.05, 0.1) is 112 Å². The first-order valence-electron chi connectivity index (χ1n) is 11.0. The Kier molecular flexibility index (Phi) is 26.6. The van der Waals surface area contributed by atoms with Crippen LogP contribution in [0.15, 0.2) is 0 Å². The molecular formula is C22H40O10. The quantitative estimate of drug-likeness (QED) is 0.103. The Morgan fingerprint density at radius 3 is 1.19 bits per heavy atom. The molecular weight excluding hydrogens is 424 g/mol. The molecule has 188 valence electrons. The third-order valence-corrected chi connectivity index (χ3v) is 3.55. The highest BCUT2D eigenvalue weighted by Gasteiger charge is 2.00. The van der Waals surface area contributed by atoms with Gasteiger partial charge in [-0.25, -0.2) is 0 Å². The Morgan fingerprint density at radius 1 is 0.562 bits per heavy atom. The first-order valence-corrected chi connectivity index (χ1v) is 11.0. The van der Waals surface area contributed by atoms with E-state index >= 15 is 0 Å². The average Bonchev–Trinajstić information content (AvgIpc) is 2.79. The summed E-state index contributed by atoms with van der Waals surface area (Å²) < 4.78 is 47.4. The van der Waals surface area contributed by atoms with Gasteiger partial charge in [-0.15, -0.1) is 6.42 Å². The van der Waals surface area contributed by atoms with Gasteiger partial charge in [-0.1, -0.05) is 5.92 Å². The zero-order valence-corrected chi connectivity index (χ0v) is 19.4. The third kappa shape index (κ3) is 26.7. The predicted octanol–water partition coefficient (Wildman–Crippen LogP) is 0.706. The van der Waals surface area contributed by atoms with Gasteiger partial charge in [0.2, 0.25) is 0 Å². The van der Waals surface area contributed by atoms with E-state index in [4.69, 9.17) is 49.1 Å². The van der Waals surface area contributed by atoms with Crippen LogP contribution in [0.2, 0.25) is 0 Å². The molecule has 0 aromatic rings. The van der Waals surface area contributed by atoms with Gasteiger partial charge in [-0.05, 0) is 6.92 Å². The lowest BCUT2D eigenvalue weighted by Gasteiger charge is -2.08. The van der Waals surface area contributed by atoms with Crippen molar-refractivity contribution in [2.45, 2.75) is 13.3 Å². The van der Waals surface area contributed by atoms with E-state index in [0.717, 1.165) is 0 Å². The molecule has 0 amide bonds. The van der Waals surface area contributed by atoms with Crippen LogP contribution in [0.4, 0.5) is 0 Å². The van der Waals surface area contributed by atoms with Crippen LogP contribution in [0.3, 0.4) is 0 Å². The number of hydrogen-bond donors (Lipinski definition) is 0. The van der Waals surface area contributed by atoms with E-state index in [0.29, 0.717) is 112 Å². The van der Waals surface area contributed by atoms with Gasteiger partial charge < -0.3 is 42.6 Å². The minimum atomic E-state index is -0.249. The van der Waals surface area contributed by atoms with Crippen molar-refractivity contribution in [1.29, 1.82) is 0 Å². The van der Waals surface area contributed by atoms with Crippen LogP contribution in [0.25, 0.3) is 0 Å². The number of ether oxygens (including phenoxy) is 9. The fourth-order valence-corrected chi connectivity index (χ4v) is 2.06. The van der Waals surface area contributed by atoms with Crippen molar-refractivity contribution in [3.8, 4) is 12.3 Å². The van der Waals surface area contributed by atoms with Crippen molar-refractivity contribution in [2.24, 2.45) is 0 Å². The molecule has 0 rings (SSSR count). The molecule has 0 aromatic heterocycles. The lowest BCUT2D eigenvalue weighted by atomic mass is 10.5. The van der Waals surface area contributed by atoms with Crippen molar-refractivity contribution in [3.63, 3.8) is 0 Å². The minimum absolute atomic E-state index is 0.249. The molecule has 10 nitrogen and oxygen atoms in total. The lowest BCUT2D eigenvalue weighted by molar-refractivity contribution is -0.144. The van der Waals surface area contributed by atoms with E-state index in [-0.39, 0.29) is 12.4 Å². The van der Waals surface area contributed by atoms with Crippen LogP contribution in [0, 0.1) is 12.3 Å². The molecule has 0 saturated heterocycles. The second kappa shape index (κ2) is 27.7. The Hall–Kier alpha value is -1.29. The molecule has 0 radical (unpaired) electrons. The normalized spacial score (nSPS) is 10.9. The lowest BCUT2D eigenvalue weighted by Crippen LogP contribution is -2.15. The fraction of sp³-hybridized carbons (Fsp3) is 0.864. The Morgan fingerprint density at radius 2 is 0.875 bits per heavy atom. The van der Waals surface area contributed by atoms with Crippen molar-refractivity contribution in [3.05, 3.63) is 0 Å². The summed E-state index contributed by atoms with van der Waals surface area (Å²) in [4.78, 5) is 11.1. The maximum Gasteiger partial charge on any atom is 0.308 e. The van der Waals surface area contributed by atoms with E-state index in [1.807, 2.05) is 0 Å². The predicted molar refractivity (Wildman–Crippen MR) is 117 cm³/mol. The summed E-state index contributed by atoms with van der Waals surface area (Å²) in [6.07, 6.45) is 5.32. The molecule has 0 bridgehead atoms. The highest BCUT2D eigenvalue weighted by molar-refractivity contribution is 5.69. The monoisotopic (exact) mass is 464 g/mol. The van der Waals surface area contributed by atoms with Crippen molar-refractivity contribution in [2.75, 3.05) is 112 Å². The van der Waals surface area contributed by atoms with E-state index in [2.05, 4.69) is 5.92 Å². The summed E-state index contributed by atoms with van der Waals surface area (Å²) in [5.74, 6) is 2.14. The molecule has 0 aliphatic carbocycles. The van der Waals surface area contributed by atoms with Crippen molar-refractivity contribution < 1.29 is 47.4 Å². The van der Waals surface area contributed by atoms with Crippen molar-refractivity contribution >= 4 is 5.97 Å². The van der Waals surface area contributed by atoms with E-state index < -0.39 is 0 Å². The average molecular weight is 465 g/mol. The second-order valence-electron chi connectivity index (χ2n) is 6.10. The standard InChI is InChI=1S/C22H40O10/c1-3-6-24-8-10-26-12-14-28-16-18-30-20-21-31-19-17-29-15-13-27-11-9-25-7-5-22(23)32-4-2/h1H,4-21H2,2H3. The van der Waals surface area contributed by atoms with Gasteiger partial charge >= 0.3 is 5.97 Å². The minimum Gasteiger partial charge on any atom is -0.466 e. The molecule has 0 heterocycles. The smallest absolute Gasteiger partial charge is 0.308 e. The van der Waals surface area contributed by atoms with Gasteiger partial charge in [0.1, 0.15) is 6.61 Å². The summed E-state index contributed by atoms with van der Waals surface area (Å²) >= 11 is 0. The molecule has 0 saturated carbocycles. The molecule has 0 aromatic carbocycles. The maximum atomic E-state index is 11.1. The first kappa shape index (κ1) is 30.7. The number of rotatable bonds is 26. The van der Waals surface area contributed by atoms with Gasteiger partial charge in [0.25, 0.3) is 0 Å². The highest BCUT2D eigenvalue weighted by atomic mass is 16.6. The highest BCUT2D eigenvalue weighted by Crippen LogP contribution is 1.89. The molecule has 0 aliphatic heterocycles. The largest absolute Gasteiger partial charge is 0.466 e. The Labute approximate surface area is 192 Å². The molecule has 32 heavy (non-hydrogen) atoms. The SMILES string of the molecule is C#CCOCCOCCOCCOCCOCCOCCOCCOCCC(=O)OCC. The third-order valence-electron chi connectivity index (χ3n) is 3.55. The Balaban J connectivity index is 3.04. The topological polar surface area (TPSA) is 100 Å². The van der Waals surface area contributed by atoms with Crippen LogP contribution in [0.5, 0.6) is 0 Å². The van der Waals surface area contributed by atoms with Crippen LogP contribution in [-0.2, 0) is 47.4 Å².